The van der Waals surface area contributed by atoms with Gasteiger partial charge in [-0.15, -0.1) is 0 Å². The molecule has 1 heterocycles. The fraction of sp³-hybridized carbons (Fsp3) is 0.677. The Labute approximate surface area is 205 Å². The molecule has 1 aromatic carbocycles. The van der Waals surface area contributed by atoms with Gasteiger partial charge in [-0.25, -0.2) is 9.97 Å². The third kappa shape index (κ3) is 12.9. The van der Waals surface area contributed by atoms with Crippen molar-refractivity contribution in [1.82, 2.24) is 9.97 Å². The van der Waals surface area contributed by atoms with E-state index in [0.29, 0.717) is 0 Å². The third-order valence-electron chi connectivity index (χ3n) is 6.73. The Balaban J connectivity index is 1.60. The van der Waals surface area contributed by atoms with Crippen LogP contribution in [0.5, 0.6) is 0 Å². The van der Waals surface area contributed by atoms with E-state index in [1.807, 2.05) is 12.4 Å². The molecule has 0 fully saturated rings. The number of benzene rings is 1. The van der Waals surface area contributed by atoms with E-state index < -0.39 is 0 Å². The molecule has 0 N–H and O–H groups in total. The van der Waals surface area contributed by atoms with Gasteiger partial charge in [-0.1, -0.05) is 129 Å². The van der Waals surface area contributed by atoms with Crippen LogP contribution in [-0.4, -0.2) is 9.97 Å². The standard InChI is InChI=1S/C31H50N2/c1-4-5-6-7-8-9-14-17-20-29-25-32-31(33-26-29)30-23-21-28(22-24-30)19-16-13-11-10-12-15-18-27(2)3/h21-27H,4-20H2,1-3H3. The highest BCUT2D eigenvalue weighted by atomic mass is 14.9. The Morgan fingerprint density at radius 3 is 1.61 bits per heavy atom. The molecule has 0 radical (unpaired) electrons. The van der Waals surface area contributed by atoms with Gasteiger partial charge in [0, 0.05) is 18.0 Å². The Morgan fingerprint density at radius 2 is 1.06 bits per heavy atom. The molecule has 0 aliphatic carbocycles. The number of unbranched alkanes of at least 4 members (excludes halogenated alkanes) is 12. The van der Waals surface area contributed by atoms with Crippen LogP contribution in [0.1, 0.15) is 128 Å². The van der Waals surface area contributed by atoms with Crippen LogP contribution in [0.25, 0.3) is 11.4 Å². The Bertz CT molecular complexity index is 703. The van der Waals surface area contributed by atoms with Crippen molar-refractivity contribution in [3.63, 3.8) is 0 Å². The molecule has 1 aromatic heterocycles. The van der Waals surface area contributed by atoms with Gasteiger partial charge in [0.15, 0.2) is 5.82 Å². The Kier molecular flexibility index (Phi) is 14.8. The lowest BCUT2D eigenvalue weighted by atomic mass is 10.0. The van der Waals surface area contributed by atoms with Gasteiger partial charge in [0.05, 0.1) is 0 Å². The molecule has 0 atom stereocenters. The van der Waals surface area contributed by atoms with Gasteiger partial charge in [-0.3, -0.25) is 0 Å². The second-order valence-corrected chi connectivity index (χ2v) is 10.4. The summed E-state index contributed by atoms with van der Waals surface area (Å²) in [6.07, 6.45) is 26.9. The summed E-state index contributed by atoms with van der Waals surface area (Å²) in [5.74, 6) is 1.71. The summed E-state index contributed by atoms with van der Waals surface area (Å²) in [6, 6.07) is 8.90. The van der Waals surface area contributed by atoms with E-state index in [1.54, 1.807) is 0 Å². The van der Waals surface area contributed by atoms with Crippen LogP contribution in [0.3, 0.4) is 0 Å². The van der Waals surface area contributed by atoms with E-state index in [9.17, 15) is 0 Å². The lowest BCUT2D eigenvalue weighted by molar-refractivity contribution is 0.511. The highest BCUT2D eigenvalue weighted by Crippen LogP contribution is 2.18. The van der Waals surface area contributed by atoms with Crippen LogP contribution in [0, 0.1) is 5.92 Å². The molecule has 33 heavy (non-hydrogen) atoms. The highest BCUT2D eigenvalue weighted by Gasteiger charge is 2.03. The maximum Gasteiger partial charge on any atom is 0.159 e. The molecule has 0 aliphatic heterocycles. The van der Waals surface area contributed by atoms with Gasteiger partial charge in [0.1, 0.15) is 0 Å². The lowest BCUT2D eigenvalue weighted by Crippen LogP contribution is -1.94. The number of hydrogen-bond donors (Lipinski definition) is 0. The third-order valence-corrected chi connectivity index (χ3v) is 6.73. The first-order chi connectivity index (χ1) is 16.2. The monoisotopic (exact) mass is 450 g/mol. The van der Waals surface area contributed by atoms with Crippen LogP contribution in [0.2, 0.25) is 0 Å². The summed E-state index contributed by atoms with van der Waals surface area (Å²) >= 11 is 0. The molecule has 184 valence electrons. The van der Waals surface area contributed by atoms with E-state index in [4.69, 9.17) is 0 Å². The molecule has 0 aliphatic rings. The predicted molar refractivity (Wildman–Crippen MR) is 145 cm³/mol. The molecular formula is C31H50N2. The van der Waals surface area contributed by atoms with Gasteiger partial charge in [-0.05, 0) is 42.7 Å². The van der Waals surface area contributed by atoms with E-state index >= 15 is 0 Å². The minimum atomic E-state index is 0.850. The number of rotatable bonds is 19. The summed E-state index contributed by atoms with van der Waals surface area (Å²) < 4.78 is 0. The maximum atomic E-state index is 4.64. The minimum Gasteiger partial charge on any atom is -0.236 e. The first-order valence-corrected chi connectivity index (χ1v) is 14.1. The molecule has 0 saturated carbocycles. The average molecular weight is 451 g/mol. The van der Waals surface area contributed by atoms with Crippen molar-refractivity contribution >= 4 is 0 Å². The zero-order chi connectivity index (χ0) is 23.6. The largest absolute Gasteiger partial charge is 0.236 e. The first kappa shape index (κ1) is 27.5. The van der Waals surface area contributed by atoms with Crippen LogP contribution >= 0.6 is 0 Å². The molecule has 0 amide bonds. The molecular weight excluding hydrogens is 400 g/mol. The molecule has 0 spiro atoms. The summed E-state index contributed by atoms with van der Waals surface area (Å²) in [4.78, 5) is 9.28. The quantitative estimate of drug-likeness (QED) is 0.199. The van der Waals surface area contributed by atoms with Crippen molar-refractivity contribution < 1.29 is 0 Å². The second-order valence-electron chi connectivity index (χ2n) is 10.4. The summed E-state index contributed by atoms with van der Waals surface area (Å²) in [5, 5.41) is 0. The van der Waals surface area contributed by atoms with Crippen molar-refractivity contribution in [3.05, 3.63) is 47.8 Å². The first-order valence-electron chi connectivity index (χ1n) is 14.1. The van der Waals surface area contributed by atoms with Gasteiger partial charge in [-0.2, -0.15) is 0 Å². The van der Waals surface area contributed by atoms with E-state index in [0.717, 1.165) is 23.7 Å². The van der Waals surface area contributed by atoms with E-state index in [-0.39, 0.29) is 0 Å². The van der Waals surface area contributed by atoms with E-state index in [1.165, 1.54) is 114 Å². The molecule has 2 aromatic rings. The summed E-state index contributed by atoms with van der Waals surface area (Å²) in [6.45, 7) is 6.93. The Morgan fingerprint density at radius 1 is 0.576 bits per heavy atom. The molecule has 0 saturated heterocycles. The number of aromatic nitrogens is 2. The van der Waals surface area contributed by atoms with Gasteiger partial charge >= 0.3 is 0 Å². The smallest absolute Gasteiger partial charge is 0.159 e. The molecule has 2 rings (SSSR count). The maximum absolute atomic E-state index is 4.64. The summed E-state index contributed by atoms with van der Waals surface area (Å²) in [7, 11) is 0. The fourth-order valence-electron chi connectivity index (χ4n) is 4.51. The Hall–Kier alpha value is -1.70. The molecule has 2 nitrogen and oxygen atoms in total. The summed E-state index contributed by atoms with van der Waals surface area (Å²) in [5.41, 5.74) is 3.83. The van der Waals surface area contributed by atoms with Crippen LogP contribution in [0.15, 0.2) is 36.7 Å². The van der Waals surface area contributed by atoms with Crippen molar-refractivity contribution in [2.45, 2.75) is 130 Å². The zero-order valence-electron chi connectivity index (χ0n) is 22.0. The van der Waals surface area contributed by atoms with E-state index in [2.05, 4.69) is 55.0 Å². The lowest BCUT2D eigenvalue weighted by Gasteiger charge is -2.06. The normalized spacial score (nSPS) is 11.4. The van der Waals surface area contributed by atoms with Crippen LogP contribution in [0.4, 0.5) is 0 Å². The zero-order valence-corrected chi connectivity index (χ0v) is 22.0. The van der Waals surface area contributed by atoms with Crippen molar-refractivity contribution in [1.29, 1.82) is 0 Å². The average Bonchev–Trinajstić information content (AvgIpc) is 2.83. The SMILES string of the molecule is CCCCCCCCCCc1cnc(-c2ccc(CCCCCCCCC(C)C)cc2)nc1. The molecule has 2 heteroatoms. The second kappa shape index (κ2) is 17.7. The number of aryl methyl sites for hydroxylation is 2. The predicted octanol–water partition coefficient (Wildman–Crippen LogP) is 9.76. The van der Waals surface area contributed by atoms with Crippen molar-refractivity contribution in [2.24, 2.45) is 5.92 Å². The number of nitrogens with zero attached hydrogens (tertiary/aromatic N) is 2. The van der Waals surface area contributed by atoms with Gasteiger partial charge in [0.2, 0.25) is 0 Å². The van der Waals surface area contributed by atoms with Crippen molar-refractivity contribution in [3.8, 4) is 11.4 Å². The van der Waals surface area contributed by atoms with Gasteiger partial charge in [0.25, 0.3) is 0 Å². The topological polar surface area (TPSA) is 25.8 Å². The number of hydrogen-bond acceptors (Lipinski definition) is 2. The van der Waals surface area contributed by atoms with Crippen LogP contribution < -0.4 is 0 Å². The van der Waals surface area contributed by atoms with Gasteiger partial charge < -0.3 is 0 Å². The molecule has 0 bridgehead atoms. The minimum absolute atomic E-state index is 0.850. The fourth-order valence-corrected chi connectivity index (χ4v) is 4.51. The highest BCUT2D eigenvalue weighted by molar-refractivity contribution is 5.55. The van der Waals surface area contributed by atoms with Crippen LogP contribution in [-0.2, 0) is 12.8 Å². The van der Waals surface area contributed by atoms with Crippen molar-refractivity contribution in [2.75, 3.05) is 0 Å². The molecule has 0 unspecified atom stereocenters.